The molecule has 11 nitrogen and oxygen atoms in total. The second kappa shape index (κ2) is 13.6. The molecule has 2 aliphatic heterocycles. The molecule has 0 bridgehead atoms. The van der Waals surface area contributed by atoms with Crippen molar-refractivity contribution in [1.82, 2.24) is 14.5 Å². The predicted octanol–water partition coefficient (Wildman–Crippen LogP) is 6.59. The lowest BCUT2D eigenvalue weighted by molar-refractivity contribution is -0.133. The Bertz CT molecular complexity index is 2250. The van der Waals surface area contributed by atoms with Gasteiger partial charge in [-0.3, -0.25) is 28.5 Å². The monoisotopic (exact) mass is 707 g/mol. The number of rotatable bonds is 8. The van der Waals surface area contributed by atoms with E-state index in [1.54, 1.807) is 66.4 Å². The molecule has 0 aliphatic carbocycles. The fourth-order valence-electron chi connectivity index (χ4n) is 6.40. The van der Waals surface area contributed by atoms with Crippen molar-refractivity contribution in [3.05, 3.63) is 105 Å². The van der Waals surface area contributed by atoms with Crippen molar-refractivity contribution in [3.8, 4) is 11.5 Å². The molecule has 2 aromatic heterocycles. The summed E-state index contributed by atoms with van der Waals surface area (Å²) in [6.07, 6.45) is 5.31. The molecule has 7 rings (SSSR count). The van der Waals surface area contributed by atoms with Crippen molar-refractivity contribution in [3.63, 3.8) is 0 Å². The molecule has 3 aromatic carbocycles. The molecule has 1 fully saturated rings. The number of amides is 4. The van der Waals surface area contributed by atoms with E-state index in [2.05, 4.69) is 17.2 Å². The van der Waals surface area contributed by atoms with Crippen LogP contribution in [0.3, 0.4) is 0 Å². The van der Waals surface area contributed by atoms with Crippen LogP contribution in [0.4, 0.5) is 11.4 Å². The van der Waals surface area contributed by atoms with E-state index in [4.69, 9.17) is 4.74 Å². The van der Waals surface area contributed by atoms with Crippen LogP contribution in [-0.2, 0) is 11.3 Å². The van der Waals surface area contributed by atoms with Gasteiger partial charge in [0.05, 0.1) is 33.4 Å². The Balaban J connectivity index is 1.03. The zero-order valence-corrected chi connectivity index (χ0v) is 29.2. The Labute approximate surface area is 295 Å². The van der Waals surface area contributed by atoms with E-state index < -0.39 is 11.8 Å². The summed E-state index contributed by atoms with van der Waals surface area (Å²) in [5.41, 5.74) is 1.77. The quantitative estimate of drug-likeness (QED) is 0.141. The van der Waals surface area contributed by atoms with Crippen molar-refractivity contribution in [2.24, 2.45) is 5.92 Å². The number of likely N-dealkylation sites (tertiary alicyclic amines) is 1. The van der Waals surface area contributed by atoms with E-state index >= 15 is 0 Å². The number of carbonyl (C=O) groups excluding carboxylic acids is 4. The Morgan fingerprint density at radius 1 is 1.00 bits per heavy atom. The molecule has 4 amide bonds. The molecular formula is C37H33N5O6S2. The minimum Gasteiger partial charge on any atom is -0.457 e. The molecule has 254 valence electrons. The number of anilines is 2. The summed E-state index contributed by atoms with van der Waals surface area (Å²) in [5.74, 6) is -0.0319. The van der Waals surface area contributed by atoms with Crippen LogP contribution in [0, 0.1) is 12.8 Å². The van der Waals surface area contributed by atoms with Crippen LogP contribution < -0.4 is 20.5 Å². The van der Waals surface area contributed by atoms with Crippen LogP contribution >= 0.6 is 23.1 Å². The van der Waals surface area contributed by atoms with Gasteiger partial charge in [0.15, 0.2) is 0 Å². The minimum absolute atomic E-state index is 0.0925. The SMILES string of the molecule is CSc1ccccc1N1C(=O)c2ccc(Oc3ccc(NC(=O)c4sc5ncn(CC(=O)N6CCC[C@H](C)C6)c(=O)c5c4C)cc3)cc2C1=O. The molecule has 50 heavy (non-hydrogen) atoms. The van der Waals surface area contributed by atoms with Gasteiger partial charge in [-0.1, -0.05) is 19.1 Å². The number of carbonyl (C=O) groups is 4. The lowest BCUT2D eigenvalue weighted by Gasteiger charge is -2.31. The number of thiophene rings is 1. The molecule has 5 aromatic rings. The van der Waals surface area contributed by atoms with E-state index in [1.807, 2.05) is 18.4 Å². The Hall–Kier alpha value is -5.27. The molecule has 0 unspecified atom stereocenters. The van der Waals surface area contributed by atoms with E-state index in [0.717, 1.165) is 29.1 Å². The molecule has 4 heterocycles. The number of ether oxygens (including phenoxy) is 1. The first-order valence-corrected chi connectivity index (χ1v) is 18.2. The second-order valence-electron chi connectivity index (χ2n) is 12.4. The number of piperidine rings is 1. The second-order valence-corrected chi connectivity index (χ2v) is 14.3. The van der Waals surface area contributed by atoms with Gasteiger partial charge in [0.2, 0.25) is 5.91 Å². The number of fused-ring (bicyclic) bond motifs is 2. The zero-order chi connectivity index (χ0) is 35.1. The molecule has 1 N–H and O–H groups in total. The Kier molecular flexibility index (Phi) is 9.02. The van der Waals surface area contributed by atoms with Crippen LogP contribution in [-0.4, -0.2) is 57.4 Å². The molecule has 13 heteroatoms. The number of thioether (sulfide) groups is 1. The highest BCUT2D eigenvalue weighted by molar-refractivity contribution is 7.98. The number of aryl methyl sites for hydroxylation is 1. The molecule has 2 aliphatic rings. The number of benzene rings is 3. The number of aromatic nitrogens is 2. The van der Waals surface area contributed by atoms with Gasteiger partial charge in [-0.05, 0) is 92.1 Å². The van der Waals surface area contributed by atoms with Crippen LogP contribution in [0.25, 0.3) is 10.2 Å². The van der Waals surface area contributed by atoms with Gasteiger partial charge < -0.3 is 15.0 Å². The number of imide groups is 1. The van der Waals surface area contributed by atoms with Gasteiger partial charge in [-0.2, -0.15) is 0 Å². The van der Waals surface area contributed by atoms with Gasteiger partial charge in [-0.25, -0.2) is 9.88 Å². The summed E-state index contributed by atoms with van der Waals surface area (Å²) in [4.78, 5) is 75.2. The van der Waals surface area contributed by atoms with Crippen molar-refractivity contribution >= 4 is 68.3 Å². The molecule has 1 atom stereocenters. The van der Waals surface area contributed by atoms with Crippen molar-refractivity contribution < 1.29 is 23.9 Å². The highest BCUT2D eigenvalue weighted by Gasteiger charge is 2.38. The van der Waals surface area contributed by atoms with E-state index in [1.165, 1.54) is 27.6 Å². The first kappa shape index (κ1) is 33.2. The summed E-state index contributed by atoms with van der Waals surface area (Å²) in [5, 5.41) is 3.20. The van der Waals surface area contributed by atoms with Crippen LogP contribution in [0.5, 0.6) is 11.5 Å². The summed E-state index contributed by atoms with van der Waals surface area (Å²) in [7, 11) is 0. The number of hydrogen-bond acceptors (Lipinski definition) is 9. The highest BCUT2D eigenvalue weighted by Crippen LogP contribution is 2.36. The Morgan fingerprint density at radius 3 is 2.50 bits per heavy atom. The van der Waals surface area contributed by atoms with E-state index in [-0.39, 0.29) is 29.5 Å². The van der Waals surface area contributed by atoms with Crippen molar-refractivity contribution in [2.75, 3.05) is 29.6 Å². The lowest BCUT2D eigenvalue weighted by Crippen LogP contribution is -2.42. The van der Waals surface area contributed by atoms with E-state index in [0.29, 0.717) is 68.1 Å². The van der Waals surface area contributed by atoms with Crippen molar-refractivity contribution in [2.45, 2.75) is 38.1 Å². The van der Waals surface area contributed by atoms with E-state index in [9.17, 15) is 24.0 Å². The Morgan fingerprint density at radius 2 is 1.74 bits per heavy atom. The first-order valence-electron chi connectivity index (χ1n) is 16.1. The average Bonchev–Trinajstić information content (AvgIpc) is 3.59. The number of para-hydroxylation sites is 1. The lowest BCUT2D eigenvalue weighted by atomic mass is 10.0. The third-order valence-electron chi connectivity index (χ3n) is 8.97. The predicted molar refractivity (Wildman–Crippen MR) is 194 cm³/mol. The standard InChI is InChI=1S/C37H33N5O6S2/c1-21-7-6-16-40(18-21)30(43)19-41-20-38-34-31(37(41)47)22(2)32(50-34)33(44)39-23-10-12-24(13-11-23)48-25-14-15-26-27(17-25)36(46)42(35(26)45)28-8-4-5-9-29(28)49-3/h4-5,8-15,17,20-21H,6-7,16,18-19H2,1-3H3,(H,39,44)/t21-/m0/s1. The first-order chi connectivity index (χ1) is 24.1. The molecular weight excluding hydrogens is 675 g/mol. The highest BCUT2D eigenvalue weighted by atomic mass is 32.2. The average molecular weight is 708 g/mol. The number of nitrogens with one attached hydrogen (secondary N) is 1. The van der Waals surface area contributed by atoms with Gasteiger partial charge in [-0.15, -0.1) is 23.1 Å². The fraction of sp³-hybridized carbons (Fsp3) is 0.243. The van der Waals surface area contributed by atoms with Crippen LogP contribution in [0.1, 0.15) is 55.7 Å². The van der Waals surface area contributed by atoms with Crippen molar-refractivity contribution in [1.29, 1.82) is 0 Å². The van der Waals surface area contributed by atoms with Gasteiger partial charge in [0, 0.05) is 23.7 Å². The normalized spacial score (nSPS) is 15.8. The van der Waals surface area contributed by atoms with Gasteiger partial charge >= 0.3 is 0 Å². The van der Waals surface area contributed by atoms with Crippen LogP contribution in [0.15, 0.2) is 82.7 Å². The van der Waals surface area contributed by atoms with Gasteiger partial charge in [0.1, 0.15) is 22.9 Å². The maximum atomic E-state index is 13.4. The maximum absolute atomic E-state index is 13.4. The largest absolute Gasteiger partial charge is 0.457 e. The summed E-state index contributed by atoms with van der Waals surface area (Å²) in [6, 6.07) is 18.8. The summed E-state index contributed by atoms with van der Waals surface area (Å²) in [6.45, 7) is 5.11. The van der Waals surface area contributed by atoms with Gasteiger partial charge in [0.25, 0.3) is 23.3 Å². The minimum atomic E-state index is -0.415. The number of hydrogen-bond donors (Lipinski definition) is 1. The number of nitrogens with zero attached hydrogens (tertiary/aromatic N) is 4. The fourth-order valence-corrected chi connectivity index (χ4v) is 8.01. The van der Waals surface area contributed by atoms with Crippen LogP contribution in [0.2, 0.25) is 0 Å². The third kappa shape index (κ3) is 6.18. The zero-order valence-electron chi connectivity index (χ0n) is 27.6. The summed E-state index contributed by atoms with van der Waals surface area (Å²) >= 11 is 2.58. The topological polar surface area (TPSA) is 131 Å². The third-order valence-corrected chi connectivity index (χ3v) is 11.0. The summed E-state index contributed by atoms with van der Waals surface area (Å²) < 4.78 is 7.32. The molecule has 0 saturated carbocycles. The molecule has 0 radical (unpaired) electrons. The molecule has 1 saturated heterocycles. The smallest absolute Gasteiger partial charge is 0.266 e. The molecule has 0 spiro atoms. The maximum Gasteiger partial charge on any atom is 0.266 e.